The molecule has 13 heteroatoms. The van der Waals surface area contributed by atoms with Gasteiger partial charge in [0.15, 0.2) is 11.4 Å². The van der Waals surface area contributed by atoms with Gasteiger partial charge < -0.3 is 20.1 Å². The third kappa shape index (κ3) is 5.36. The SMILES string of the molecule is C[C@@H](NC(=O)C1(NC(=O)OCC2c3ccccc3-c3ccccc32)COC1)c1c(F)c(Cl)c(-c2ccccc2)c(-c2nnn(C)n2)c1F. The summed E-state index contributed by atoms with van der Waals surface area (Å²) in [6, 6.07) is 23.1. The van der Waals surface area contributed by atoms with E-state index in [-0.39, 0.29) is 47.7 Å². The van der Waals surface area contributed by atoms with E-state index >= 15 is 8.78 Å². The van der Waals surface area contributed by atoms with E-state index in [2.05, 4.69) is 26.0 Å². The lowest BCUT2D eigenvalue weighted by atomic mass is 9.92. The Bertz CT molecular complexity index is 2010. The van der Waals surface area contributed by atoms with Crippen LogP contribution in [0, 0.1) is 11.6 Å². The lowest BCUT2D eigenvalue weighted by molar-refractivity contribution is -0.148. The number of amides is 2. The fourth-order valence-corrected chi connectivity index (χ4v) is 6.64. The fraction of sp³-hybridized carbons (Fsp3) is 0.229. The van der Waals surface area contributed by atoms with Gasteiger partial charge in [-0.05, 0) is 40.0 Å². The summed E-state index contributed by atoms with van der Waals surface area (Å²) in [6.45, 7) is 1.12. The quantitative estimate of drug-likeness (QED) is 0.196. The lowest BCUT2D eigenvalue weighted by Gasteiger charge is -2.40. The minimum Gasteiger partial charge on any atom is -0.449 e. The molecule has 0 unspecified atom stereocenters. The van der Waals surface area contributed by atoms with E-state index in [0.29, 0.717) is 5.56 Å². The summed E-state index contributed by atoms with van der Waals surface area (Å²) in [6.07, 6.45) is -0.827. The van der Waals surface area contributed by atoms with Crippen LogP contribution in [0.4, 0.5) is 13.6 Å². The molecule has 5 aromatic rings. The van der Waals surface area contributed by atoms with E-state index in [4.69, 9.17) is 21.1 Å². The molecule has 244 valence electrons. The molecule has 1 atom stereocenters. The molecular formula is C35H29ClF2N6O4. The van der Waals surface area contributed by atoms with Crippen LogP contribution in [0.2, 0.25) is 5.02 Å². The van der Waals surface area contributed by atoms with E-state index in [1.54, 1.807) is 30.3 Å². The predicted molar refractivity (Wildman–Crippen MR) is 173 cm³/mol. The van der Waals surface area contributed by atoms with Crippen molar-refractivity contribution in [3.8, 4) is 33.6 Å². The molecule has 2 aliphatic rings. The Balaban J connectivity index is 1.11. The third-order valence-electron chi connectivity index (χ3n) is 8.75. The van der Waals surface area contributed by atoms with Gasteiger partial charge in [0, 0.05) is 17.0 Å². The summed E-state index contributed by atoms with van der Waals surface area (Å²) >= 11 is 6.57. The number of halogens is 3. The maximum Gasteiger partial charge on any atom is 0.408 e. The number of hydrogen-bond acceptors (Lipinski definition) is 7. The van der Waals surface area contributed by atoms with Crippen LogP contribution in [0.3, 0.4) is 0 Å². The Labute approximate surface area is 279 Å². The van der Waals surface area contributed by atoms with Gasteiger partial charge in [0.05, 0.1) is 36.9 Å². The highest BCUT2D eigenvalue weighted by Crippen LogP contribution is 2.45. The third-order valence-corrected chi connectivity index (χ3v) is 9.10. The summed E-state index contributed by atoms with van der Waals surface area (Å²) in [5, 5.41) is 16.8. The second-order valence-corrected chi connectivity index (χ2v) is 12.2. The first-order valence-corrected chi connectivity index (χ1v) is 15.6. The van der Waals surface area contributed by atoms with Crippen molar-refractivity contribution in [3.63, 3.8) is 0 Å². The van der Waals surface area contributed by atoms with Crippen molar-refractivity contribution in [2.75, 3.05) is 19.8 Å². The minimum atomic E-state index is -1.52. The Morgan fingerprint density at radius 1 is 0.979 bits per heavy atom. The van der Waals surface area contributed by atoms with Crippen molar-refractivity contribution in [1.82, 2.24) is 30.8 Å². The van der Waals surface area contributed by atoms with Gasteiger partial charge in [0.25, 0.3) is 5.91 Å². The molecule has 0 saturated carbocycles. The summed E-state index contributed by atoms with van der Waals surface area (Å²) in [7, 11) is 1.51. The van der Waals surface area contributed by atoms with Gasteiger partial charge in [-0.1, -0.05) is 90.5 Å². The zero-order valence-electron chi connectivity index (χ0n) is 25.8. The Morgan fingerprint density at radius 3 is 2.19 bits per heavy atom. The largest absolute Gasteiger partial charge is 0.449 e. The van der Waals surface area contributed by atoms with Crippen molar-refractivity contribution < 1.29 is 27.8 Å². The van der Waals surface area contributed by atoms with Gasteiger partial charge >= 0.3 is 6.09 Å². The first-order valence-electron chi connectivity index (χ1n) is 15.2. The average molecular weight is 671 g/mol. The second-order valence-electron chi connectivity index (χ2n) is 11.8. The van der Waals surface area contributed by atoms with Crippen molar-refractivity contribution in [2.45, 2.75) is 24.4 Å². The number of nitrogens with one attached hydrogen (secondary N) is 2. The summed E-state index contributed by atoms with van der Waals surface area (Å²) in [5.74, 6) is -3.08. The number of alkyl carbamates (subject to hydrolysis) is 1. The van der Waals surface area contributed by atoms with Crippen molar-refractivity contribution in [3.05, 3.63) is 112 Å². The van der Waals surface area contributed by atoms with E-state index < -0.39 is 40.8 Å². The monoisotopic (exact) mass is 670 g/mol. The number of carbonyl (C=O) groups is 2. The smallest absolute Gasteiger partial charge is 0.408 e. The molecule has 1 fully saturated rings. The molecule has 2 N–H and O–H groups in total. The molecule has 1 aromatic heterocycles. The topological polar surface area (TPSA) is 120 Å². The summed E-state index contributed by atoms with van der Waals surface area (Å²) in [5.41, 5.74) is 2.51. The highest BCUT2D eigenvalue weighted by Gasteiger charge is 2.49. The lowest BCUT2D eigenvalue weighted by Crippen LogP contribution is -2.70. The molecule has 2 amide bonds. The van der Waals surface area contributed by atoms with Gasteiger partial charge in [-0.3, -0.25) is 4.79 Å². The van der Waals surface area contributed by atoms with Crippen LogP contribution in [0.15, 0.2) is 78.9 Å². The van der Waals surface area contributed by atoms with Crippen LogP contribution in [0.5, 0.6) is 0 Å². The van der Waals surface area contributed by atoms with Gasteiger partial charge in [0.2, 0.25) is 5.82 Å². The molecule has 0 radical (unpaired) electrons. The molecule has 1 saturated heterocycles. The van der Waals surface area contributed by atoms with Gasteiger partial charge in [0.1, 0.15) is 12.4 Å². The van der Waals surface area contributed by atoms with Crippen LogP contribution >= 0.6 is 11.6 Å². The zero-order valence-corrected chi connectivity index (χ0v) is 26.6. The molecule has 10 nitrogen and oxygen atoms in total. The zero-order chi connectivity index (χ0) is 33.6. The Morgan fingerprint density at radius 2 is 1.60 bits per heavy atom. The molecule has 48 heavy (non-hydrogen) atoms. The number of benzene rings is 4. The molecule has 0 bridgehead atoms. The van der Waals surface area contributed by atoms with E-state index in [1.165, 1.54) is 14.0 Å². The first kappa shape index (κ1) is 31.4. The number of rotatable bonds is 8. The van der Waals surface area contributed by atoms with Crippen molar-refractivity contribution in [1.29, 1.82) is 0 Å². The van der Waals surface area contributed by atoms with E-state index in [1.807, 2.05) is 48.5 Å². The van der Waals surface area contributed by atoms with Crippen LogP contribution in [0.1, 0.15) is 35.6 Å². The maximum atomic E-state index is 16.4. The first-order chi connectivity index (χ1) is 23.2. The fourth-order valence-electron chi connectivity index (χ4n) is 6.33. The van der Waals surface area contributed by atoms with Crippen LogP contribution < -0.4 is 10.6 Å². The van der Waals surface area contributed by atoms with Crippen molar-refractivity contribution in [2.24, 2.45) is 7.05 Å². The average Bonchev–Trinajstić information content (AvgIpc) is 3.64. The Kier molecular flexibility index (Phi) is 8.14. The normalized spacial score (nSPS) is 15.2. The highest BCUT2D eigenvalue weighted by atomic mass is 35.5. The number of carbonyl (C=O) groups excluding carboxylic acids is 2. The summed E-state index contributed by atoms with van der Waals surface area (Å²) in [4.78, 5) is 27.9. The number of hydrogen-bond donors (Lipinski definition) is 2. The molecule has 7 rings (SSSR count). The Hall–Kier alpha value is -5.20. The number of fused-ring (bicyclic) bond motifs is 3. The molecule has 2 heterocycles. The number of aromatic nitrogens is 4. The molecule has 4 aromatic carbocycles. The molecule has 1 aliphatic heterocycles. The van der Waals surface area contributed by atoms with Crippen molar-refractivity contribution >= 4 is 23.6 Å². The van der Waals surface area contributed by atoms with E-state index in [0.717, 1.165) is 27.1 Å². The van der Waals surface area contributed by atoms with Gasteiger partial charge in [-0.2, -0.15) is 4.80 Å². The minimum absolute atomic E-state index is 0.0384. The molecular weight excluding hydrogens is 642 g/mol. The predicted octanol–water partition coefficient (Wildman–Crippen LogP) is 5.96. The number of nitrogens with zero attached hydrogens (tertiary/aromatic N) is 4. The van der Waals surface area contributed by atoms with Crippen LogP contribution in [-0.2, 0) is 21.3 Å². The number of ether oxygens (including phenoxy) is 2. The van der Waals surface area contributed by atoms with Crippen LogP contribution in [-0.4, -0.2) is 57.6 Å². The molecule has 1 aliphatic carbocycles. The van der Waals surface area contributed by atoms with Gasteiger partial charge in [-0.25, -0.2) is 13.6 Å². The highest BCUT2D eigenvalue weighted by molar-refractivity contribution is 6.34. The standard InChI is InChI=1S/C35H29ClF2N6O4/c1-19(26-30(37)28(32-41-43-44(2)42-32)27(29(36)31(26)38)20-10-4-3-5-11-20)39-33(45)35(17-47-18-35)40-34(46)48-16-25-23-14-8-6-12-21(23)22-13-7-9-15-24(22)25/h3-15,19,25H,16-18H2,1-2H3,(H,39,45)(H,40,46)/t19-/m1/s1. The van der Waals surface area contributed by atoms with E-state index in [9.17, 15) is 9.59 Å². The number of aryl methyl sites for hydroxylation is 1. The van der Waals surface area contributed by atoms with Crippen LogP contribution in [0.25, 0.3) is 33.6 Å². The van der Waals surface area contributed by atoms with Gasteiger partial charge in [-0.15, -0.1) is 10.2 Å². The summed E-state index contributed by atoms with van der Waals surface area (Å²) < 4.78 is 43.4. The second kappa shape index (κ2) is 12.4. The maximum absolute atomic E-state index is 16.4. The molecule has 0 spiro atoms. The number of tetrazole rings is 1.